The number of hydrogen-bond acceptors (Lipinski definition) is 2. The predicted octanol–water partition coefficient (Wildman–Crippen LogP) is 3.62. The van der Waals surface area contributed by atoms with Crippen molar-refractivity contribution in [1.82, 2.24) is 0 Å². The molecule has 84 valence electrons. The molecule has 3 rings (SSSR count). The molecule has 0 spiro atoms. The van der Waals surface area contributed by atoms with Gasteiger partial charge in [-0.3, -0.25) is 5.01 Å². The van der Waals surface area contributed by atoms with Gasteiger partial charge >= 0.3 is 0 Å². The van der Waals surface area contributed by atoms with E-state index in [-0.39, 0.29) is 0 Å². The molecule has 1 aliphatic rings. The van der Waals surface area contributed by atoms with Crippen molar-refractivity contribution in [2.75, 3.05) is 5.01 Å². The van der Waals surface area contributed by atoms with Crippen LogP contribution in [-0.2, 0) is 0 Å². The van der Waals surface area contributed by atoms with Crippen LogP contribution in [0, 0.1) is 0 Å². The van der Waals surface area contributed by atoms with Crippen molar-refractivity contribution in [2.45, 2.75) is 12.5 Å². The van der Waals surface area contributed by atoms with Crippen molar-refractivity contribution >= 4 is 11.9 Å². The molecule has 2 aromatic carbocycles. The lowest BCUT2D eigenvalue weighted by atomic mass is 10.0. The Hall–Kier alpha value is -2.09. The van der Waals surface area contributed by atoms with Gasteiger partial charge in [-0.15, -0.1) is 0 Å². The van der Waals surface area contributed by atoms with E-state index in [1.165, 1.54) is 5.56 Å². The summed E-state index contributed by atoms with van der Waals surface area (Å²) >= 11 is 0. The van der Waals surface area contributed by atoms with E-state index in [9.17, 15) is 0 Å². The molecule has 0 saturated heterocycles. The third-order valence-corrected chi connectivity index (χ3v) is 3.04. The zero-order chi connectivity index (χ0) is 11.5. The Morgan fingerprint density at radius 2 is 1.53 bits per heavy atom. The molecule has 0 bridgehead atoms. The second-order valence-corrected chi connectivity index (χ2v) is 4.14. The first kappa shape index (κ1) is 10.1. The average molecular weight is 222 g/mol. The van der Waals surface area contributed by atoms with E-state index in [4.69, 9.17) is 0 Å². The third kappa shape index (κ3) is 1.94. The molecule has 1 heterocycles. The molecule has 2 heteroatoms. The fraction of sp³-hybridized carbons (Fsp3) is 0.133. The Morgan fingerprint density at radius 3 is 2.24 bits per heavy atom. The Balaban J connectivity index is 1.93. The summed E-state index contributed by atoms with van der Waals surface area (Å²) in [5.41, 5.74) is 2.46. The van der Waals surface area contributed by atoms with Crippen LogP contribution in [0.25, 0.3) is 0 Å². The topological polar surface area (TPSA) is 15.6 Å². The van der Waals surface area contributed by atoms with Crippen LogP contribution in [0.15, 0.2) is 65.8 Å². The van der Waals surface area contributed by atoms with Gasteiger partial charge in [-0.05, 0) is 17.7 Å². The summed E-state index contributed by atoms with van der Waals surface area (Å²) in [6.45, 7) is 0. The lowest BCUT2D eigenvalue weighted by Gasteiger charge is -2.24. The van der Waals surface area contributed by atoms with E-state index >= 15 is 0 Å². The molecular formula is C15H14N2. The Labute approximate surface area is 101 Å². The first-order valence-electron chi connectivity index (χ1n) is 5.87. The maximum Gasteiger partial charge on any atom is 0.0825 e. The van der Waals surface area contributed by atoms with Crippen LogP contribution < -0.4 is 5.01 Å². The zero-order valence-corrected chi connectivity index (χ0v) is 9.53. The summed E-state index contributed by atoms with van der Waals surface area (Å²) in [5.74, 6) is 0. The molecular weight excluding hydrogens is 208 g/mol. The van der Waals surface area contributed by atoms with Gasteiger partial charge in [0.05, 0.1) is 11.7 Å². The molecule has 0 saturated carbocycles. The molecule has 1 aliphatic heterocycles. The first-order chi connectivity index (χ1) is 8.45. The molecule has 0 unspecified atom stereocenters. The van der Waals surface area contributed by atoms with Crippen LogP contribution in [0.3, 0.4) is 0 Å². The summed E-state index contributed by atoms with van der Waals surface area (Å²) in [6, 6.07) is 21.2. The second-order valence-electron chi connectivity index (χ2n) is 4.14. The number of anilines is 1. The van der Waals surface area contributed by atoms with E-state index in [1.807, 2.05) is 30.5 Å². The highest BCUT2D eigenvalue weighted by atomic mass is 15.5. The highest BCUT2D eigenvalue weighted by Crippen LogP contribution is 2.32. The van der Waals surface area contributed by atoms with E-state index in [2.05, 4.69) is 46.5 Å². The van der Waals surface area contributed by atoms with Gasteiger partial charge in [0.25, 0.3) is 0 Å². The fourth-order valence-electron chi connectivity index (χ4n) is 2.20. The van der Waals surface area contributed by atoms with E-state index < -0.39 is 0 Å². The minimum Gasteiger partial charge on any atom is -0.258 e. The molecule has 0 aliphatic carbocycles. The molecule has 0 amide bonds. The van der Waals surface area contributed by atoms with Crippen molar-refractivity contribution in [3.8, 4) is 0 Å². The molecule has 17 heavy (non-hydrogen) atoms. The molecule has 2 aromatic rings. The number of nitrogens with zero attached hydrogens (tertiary/aromatic N) is 2. The van der Waals surface area contributed by atoms with Gasteiger partial charge in [-0.25, -0.2) is 0 Å². The summed E-state index contributed by atoms with van der Waals surface area (Å²) in [6.07, 6.45) is 2.96. The van der Waals surface area contributed by atoms with Gasteiger partial charge < -0.3 is 0 Å². The molecule has 0 radical (unpaired) electrons. The number of hydrazone groups is 1. The highest BCUT2D eigenvalue weighted by Gasteiger charge is 2.23. The van der Waals surface area contributed by atoms with E-state index in [0.717, 1.165) is 12.1 Å². The number of benzene rings is 2. The first-order valence-corrected chi connectivity index (χ1v) is 5.87. The average Bonchev–Trinajstić information content (AvgIpc) is 2.90. The molecule has 1 atom stereocenters. The number of para-hydroxylation sites is 1. The predicted molar refractivity (Wildman–Crippen MR) is 71.2 cm³/mol. The maximum atomic E-state index is 4.47. The third-order valence-electron chi connectivity index (χ3n) is 3.04. The standard InChI is InChI=1S/C15H14N2/c1-3-7-13(8-4-1)15-11-12-16-17(15)14-9-5-2-6-10-14/h1-10,12,15H,11H2/t15-/m1/s1. The molecule has 0 aromatic heterocycles. The SMILES string of the molecule is C1=NN(c2ccccc2)[C@@H](c2ccccc2)C1. The van der Waals surface area contributed by atoms with Gasteiger partial charge in [0.15, 0.2) is 0 Å². The summed E-state index contributed by atoms with van der Waals surface area (Å²) in [5, 5.41) is 6.56. The second kappa shape index (κ2) is 4.42. The largest absolute Gasteiger partial charge is 0.258 e. The van der Waals surface area contributed by atoms with Crippen LogP contribution in [-0.4, -0.2) is 6.21 Å². The van der Waals surface area contributed by atoms with Crippen molar-refractivity contribution < 1.29 is 0 Å². The Bertz CT molecular complexity index is 505. The van der Waals surface area contributed by atoms with Crippen LogP contribution >= 0.6 is 0 Å². The Kier molecular flexibility index (Phi) is 2.62. The van der Waals surface area contributed by atoms with Crippen LogP contribution in [0.4, 0.5) is 5.69 Å². The van der Waals surface area contributed by atoms with E-state index in [0.29, 0.717) is 6.04 Å². The molecule has 0 fully saturated rings. The normalized spacial score (nSPS) is 18.6. The monoisotopic (exact) mass is 222 g/mol. The lowest BCUT2D eigenvalue weighted by Crippen LogP contribution is -2.18. The Morgan fingerprint density at radius 1 is 0.882 bits per heavy atom. The molecule has 2 nitrogen and oxygen atoms in total. The minimum absolute atomic E-state index is 0.332. The van der Waals surface area contributed by atoms with Crippen LogP contribution in [0.2, 0.25) is 0 Å². The van der Waals surface area contributed by atoms with Crippen LogP contribution in [0.5, 0.6) is 0 Å². The summed E-state index contributed by atoms with van der Waals surface area (Å²) in [7, 11) is 0. The van der Waals surface area contributed by atoms with E-state index in [1.54, 1.807) is 0 Å². The van der Waals surface area contributed by atoms with Crippen molar-refractivity contribution in [1.29, 1.82) is 0 Å². The fourth-order valence-corrected chi connectivity index (χ4v) is 2.20. The van der Waals surface area contributed by atoms with Gasteiger partial charge in [0.1, 0.15) is 0 Å². The lowest BCUT2D eigenvalue weighted by molar-refractivity contribution is 0.710. The maximum absolute atomic E-state index is 4.47. The summed E-state index contributed by atoms with van der Waals surface area (Å²) in [4.78, 5) is 0. The summed E-state index contributed by atoms with van der Waals surface area (Å²) < 4.78 is 0. The smallest absolute Gasteiger partial charge is 0.0825 e. The quantitative estimate of drug-likeness (QED) is 0.757. The van der Waals surface area contributed by atoms with Crippen molar-refractivity contribution in [3.05, 3.63) is 66.2 Å². The number of rotatable bonds is 2. The van der Waals surface area contributed by atoms with Gasteiger partial charge in [0.2, 0.25) is 0 Å². The van der Waals surface area contributed by atoms with Crippen molar-refractivity contribution in [2.24, 2.45) is 5.10 Å². The highest BCUT2D eigenvalue weighted by molar-refractivity contribution is 5.67. The van der Waals surface area contributed by atoms with Crippen molar-refractivity contribution in [3.63, 3.8) is 0 Å². The van der Waals surface area contributed by atoms with Crippen LogP contribution in [0.1, 0.15) is 18.0 Å². The molecule has 0 N–H and O–H groups in total. The van der Waals surface area contributed by atoms with Gasteiger partial charge in [-0.2, -0.15) is 5.10 Å². The van der Waals surface area contributed by atoms with Gasteiger partial charge in [0, 0.05) is 12.6 Å². The zero-order valence-electron chi connectivity index (χ0n) is 9.53. The van der Waals surface area contributed by atoms with Gasteiger partial charge in [-0.1, -0.05) is 48.5 Å². The number of hydrogen-bond donors (Lipinski definition) is 0. The minimum atomic E-state index is 0.332.